The lowest BCUT2D eigenvalue weighted by Crippen LogP contribution is -2.50. The van der Waals surface area contributed by atoms with Gasteiger partial charge in [0, 0.05) is 38.3 Å². The Morgan fingerprint density at radius 2 is 1.62 bits per heavy atom. The lowest BCUT2D eigenvalue weighted by molar-refractivity contribution is -0.141. The van der Waals surface area contributed by atoms with Crippen molar-refractivity contribution < 1.29 is 14.3 Å². The molecule has 5 nitrogen and oxygen atoms in total. The summed E-state index contributed by atoms with van der Waals surface area (Å²) in [5.41, 5.74) is 2.93. The monoisotopic (exact) mass is 570 g/mol. The molecule has 0 bridgehead atoms. The van der Waals surface area contributed by atoms with Crippen molar-refractivity contribution in [2.24, 2.45) is 5.92 Å². The zero-order chi connectivity index (χ0) is 25.3. The highest BCUT2D eigenvalue weighted by Gasteiger charge is 2.68. The average molecular weight is 572 g/mol. The fourth-order valence-corrected chi connectivity index (χ4v) is 6.76. The van der Waals surface area contributed by atoms with Crippen molar-refractivity contribution >= 4 is 50.8 Å². The molecule has 0 saturated carbocycles. The van der Waals surface area contributed by atoms with Crippen LogP contribution in [0, 0.1) is 5.92 Å². The van der Waals surface area contributed by atoms with Crippen molar-refractivity contribution in [3.63, 3.8) is 0 Å². The molecule has 0 aromatic heterocycles. The summed E-state index contributed by atoms with van der Waals surface area (Å²) in [7, 11) is 0. The number of carbonyl (C=O) groups excluding carboxylic acids is 2. The van der Waals surface area contributed by atoms with Gasteiger partial charge in [0.2, 0.25) is 0 Å². The van der Waals surface area contributed by atoms with Gasteiger partial charge < -0.3 is 4.74 Å². The average Bonchev–Trinajstić information content (AvgIpc) is 3.40. The summed E-state index contributed by atoms with van der Waals surface area (Å²) in [6, 6.07) is 30.0. The Morgan fingerprint density at radius 3 is 2.41 bits per heavy atom. The summed E-state index contributed by atoms with van der Waals surface area (Å²) in [6.07, 6.45) is 0. The number of nitrogens with zero attached hydrogens (tertiary/aromatic N) is 1. The topological polar surface area (TPSA) is 58.6 Å². The molecular formula is C30H20BrClN2O3. The second-order valence-corrected chi connectivity index (χ2v) is 10.9. The van der Waals surface area contributed by atoms with Crippen molar-refractivity contribution in [1.82, 2.24) is 5.32 Å². The van der Waals surface area contributed by atoms with E-state index in [9.17, 15) is 9.59 Å². The van der Waals surface area contributed by atoms with Gasteiger partial charge in [0.15, 0.2) is 0 Å². The van der Waals surface area contributed by atoms with Crippen LogP contribution in [-0.2, 0) is 15.1 Å². The molecule has 1 amide bonds. The first-order chi connectivity index (χ1) is 18.0. The summed E-state index contributed by atoms with van der Waals surface area (Å²) >= 11 is 9.78. The minimum atomic E-state index is -1.18. The van der Waals surface area contributed by atoms with Crippen LogP contribution in [0.3, 0.4) is 0 Å². The fraction of sp³-hybridized carbons (Fsp3) is 0.133. The fourth-order valence-electron chi connectivity index (χ4n) is 6.25. The molecule has 4 aromatic rings. The number of benzene rings is 4. The second-order valence-electron chi connectivity index (χ2n) is 9.58. The molecule has 7 rings (SSSR count). The molecule has 182 valence electrons. The Hall–Kier alpha value is -3.45. The predicted molar refractivity (Wildman–Crippen MR) is 145 cm³/mol. The van der Waals surface area contributed by atoms with Crippen molar-refractivity contribution in [2.75, 3.05) is 4.90 Å². The smallest absolute Gasteiger partial charge is 0.317 e. The molecule has 1 saturated heterocycles. The first-order valence-corrected chi connectivity index (χ1v) is 13.2. The molecule has 7 heteroatoms. The molecule has 1 N–H and O–H groups in total. The van der Waals surface area contributed by atoms with Crippen molar-refractivity contribution in [3.05, 3.63) is 123 Å². The van der Waals surface area contributed by atoms with Gasteiger partial charge in [0.25, 0.3) is 5.91 Å². The van der Waals surface area contributed by atoms with Crippen LogP contribution in [-0.4, -0.2) is 11.9 Å². The molecule has 0 unspecified atom stereocenters. The van der Waals surface area contributed by atoms with Gasteiger partial charge in [0.05, 0.1) is 11.6 Å². The number of hydrogen-bond donors (Lipinski definition) is 1. The van der Waals surface area contributed by atoms with Crippen LogP contribution in [0.2, 0.25) is 5.02 Å². The van der Waals surface area contributed by atoms with Crippen LogP contribution >= 0.6 is 27.5 Å². The number of hydrogen-bond acceptors (Lipinski definition) is 4. The van der Waals surface area contributed by atoms with E-state index in [1.54, 1.807) is 23.1 Å². The van der Waals surface area contributed by atoms with Crippen molar-refractivity contribution in [3.8, 4) is 5.75 Å². The van der Waals surface area contributed by atoms with Gasteiger partial charge in [-0.3, -0.25) is 19.8 Å². The SMILES string of the molecule is O=C1Oc2ccc(Br)cc2[C@@H]2[C@H]1[C@@H](c1ccc(Cl)cc1)N[C@]21C(=O)N(c2ccccc2)c2ccccc21. The third-order valence-electron chi connectivity index (χ3n) is 7.71. The second kappa shape index (κ2) is 8.28. The highest BCUT2D eigenvalue weighted by molar-refractivity contribution is 9.10. The molecule has 0 radical (unpaired) electrons. The van der Waals surface area contributed by atoms with Crippen LogP contribution in [0.5, 0.6) is 5.75 Å². The highest BCUT2D eigenvalue weighted by atomic mass is 79.9. The number of anilines is 2. The Bertz CT molecular complexity index is 1580. The standard InChI is InChI=1S/C30H20BrClN2O3/c31-18-12-15-24-21(16-18)26-25(28(35)37-24)27(17-10-13-19(32)14-11-17)33-30(26)22-8-4-5-9-23(22)34(29(30)36)20-6-2-1-3-7-20/h1-16,25-27,33H/t25-,26+,27+,30-/m0/s1. The summed E-state index contributed by atoms with van der Waals surface area (Å²) < 4.78 is 6.72. The van der Waals surface area contributed by atoms with Crippen molar-refractivity contribution in [1.29, 1.82) is 0 Å². The van der Waals surface area contributed by atoms with E-state index in [1.807, 2.05) is 78.9 Å². The molecule has 3 aliphatic rings. The molecule has 1 fully saturated rings. The van der Waals surface area contributed by atoms with Crippen molar-refractivity contribution in [2.45, 2.75) is 17.5 Å². The molecule has 37 heavy (non-hydrogen) atoms. The Morgan fingerprint density at radius 1 is 0.892 bits per heavy atom. The molecule has 4 aromatic carbocycles. The van der Waals surface area contributed by atoms with E-state index in [2.05, 4.69) is 21.2 Å². The Balaban J connectivity index is 1.51. The number of fused-ring (bicyclic) bond motifs is 6. The maximum Gasteiger partial charge on any atom is 0.317 e. The van der Waals surface area contributed by atoms with Crippen LogP contribution in [0.1, 0.15) is 28.7 Å². The maximum atomic E-state index is 14.8. The Labute approximate surface area is 227 Å². The van der Waals surface area contributed by atoms with Crippen LogP contribution in [0.4, 0.5) is 11.4 Å². The number of amides is 1. The third-order valence-corrected chi connectivity index (χ3v) is 8.46. The van der Waals surface area contributed by atoms with Gasteiger partial charge in [-0.25, -0.2) is 0 Å². The van der Waals surface area contributed by atoms with Gasteiger partial charge in [-0.1, -0.05) is 76.1 Å². The normalized spacial score (nSPS) is 25.6. The molecular weight excluding hydrogens is 552 g/mol. The van der Waals surface area contributed by atoms with Crippen LogP contribution in [0.15, 0.2) is 102 Å². The summed E-state index contributed by atoms with van der Waals surface area (Å²) in [4.78, 5) is 30.2. The van der Waals surface area contributed by atoms with Crippen LogP contribution in [0.25, 0.3) is 0 Å². The molecule has 0 aliphatic carbocycles. The third kappa shape index (κ3) is 3.19. The summed E-state index contributed by atoms with van der Waals surface area (Å²) in [5, 5.41) is 4.29. The molecule has 4 atom stereocenters. The number of ether oxygens (including phenoxy) is 1. The highest BCUT2D eigenvalue weighted by Crippen LogP contribution is 2.62. The van der Waals surface area contributed by atoms with Crippen LogP contribution < -0.4 is 15.0 Å². The molecule has 1 spiro atoms. The minimum Gasteiger partial charge on any atom is -0.426 e. The number of halogens is 2. The van der Waals surface area contributed by atoms with Gasteiger partial charge in [0.1, 0.15) is 11.3 Å². The van der Waals surface area contributed by atoms with E-state index in [0.29, 0.717) is 10.8 Å². The van der Waals surface area contributed by atoms with E-state index < -0.39 is 23.4 Å². The maximum absolute atomic E-state index is 14.8. The van der Waals surface area contributed by atoms with E-state index in [0.717, 1.165) is 32.5 Å². The zero-order valence-electron chi connectivity index (χ0n) is 19.4. The first kappa shape index (κ1) is 22.7. The van der Waals surface area contributed by atoms with Gasteiger partial charge in [-0.15, -0.1) is 0 Å². The van der Waals surface area contributed by atoms with E-state index in [-0.39, 0.29) is 11.9 Å². The van der Waals surface area contributed by atoms with Gasteiger partial charge >= 0.3 is 5.97 Å². The number of esters is 1. The quantitative estimate of drug-likeness (QED) is 0.216. The van der Waals surface area contributed by atoms with E-state index >= 15 is 0 Å². The minimum absolute atomic E-state index is 0.119. The number of nitrogens with one attached hydrogen (secondary N) is 1. The lowest BCUT2D eigenvalue weighted by atomic mass is 9.70. The Kier molecular flexibility index (Phi) is 5.09. The largest absolute Gasteiger partial charge is 0.426 e. The number of para-hydroxylation sites is 2. The van der Waals surface area contributed by atoms with Gasteiger partial charge in [-0.2, -0.15) is 0 Å². The molecule has 3 heterocycles. The number of carbonyl (C=O) groups is 2. The van der Waals surface area contributed by atoms with Gasteiger partial charge in [-0.05, 0) is 54.1 Å². The summed E-state index contributed by atoms with van der Waals surface area (Å²) in [6.45, 7) is 0. The van der Waals surface area contributed by atoms with E-state index in [1.165, 1.54) is 0 Å². The van der Waals surface area contributed by atoms with E-state index in [4.69, 9.17) is 16.3 Å². The molecule has 3 aliphatic heterocycles. The summed E-state index contributed by atoms with van der Waals surface area (Å²) in [5.74, 6) is -1.12. The predicted octanol–water partition coefficient (Wildman–Crippen LogP) is 6.64. The lowest BCUT2D eigenvalue weighted by Gasteiger charge is -2.35. The zero-order valence-corrected chi connectivity index (χ0v) is 21.7. The first-order valence-electron chi connectivity index (χ1n) is 12.0. The number of rotatable bonds is 2.